The van der Waals surface area contributed by atoms with Gasteiger partial charge < -0.3 is 14.8 Å². The van der Waals surface area contributed by atoms with Crippen LogP contribution >= 0.6 is 0 Å². The van der Waals surface area contributed by atoms with E-state index >= 15 is 0 Å². The molecule has 0 aliphatic carbocycles. The number of carbonyl (C=O) groups excluding carboxylic acids is 1. The maximum absolute atomic E-state index is 12.8. The lowest BCUT2D eigenvalue weighted by Gasteiger charge is -2.26. The number of aromatic nitrogens is 4. The van der Waals surface area contributed by atoms with Gasteiger partial charge in [-0.25, -0.2) is 4.98 Å². The van der Waals surface area contributed by atoms with Crippen LogP contribution in [0.5, 0.6) is 0 Å². The molecule has 0 spiro atoms. The molecule has 0 bridgehead atoms. The van der Waals surface area contributed by atoms with Crippen LogP contribution in [0.1, 0.15) is 34.0 Å². The number of anilines is 1. The number of nitrogens with one attached hydrogen (secondary N) is 1. The van der Waals surface area contributed by atoms with Gasteiger partial charge in [0.2, 0.25) is 0 Å². The molecule has 1 aliphatic rings. The molecule has 1 atom stereocenters. The van der Waals surface area contributed by atoms with E-state index in [-0.39, 0.29) is 11.9 Å². The Hall–Kier alpha value is -3.22. The van der Waals surface area contributed by atoms with Gasteiger partial charge in [-0.2, -0.15) is 0 Å². The standard InChI is InChI=1S/C21H24N6O/c1-26(2)20-17(9-6-12-22-20)21(28)23-16-10-11-18-24-25-19(27(18)14-16)13-15-7-4-3-5-8-15/h3-9,12,16H,10-11,13-14H2,1-2H3,(H,23,28). The summed E-state index contributed by atoms with van der Waals surface area (Å²) in [5.74, 6) is 2.51. The molecular weight excluding hydrogens is 352 g/mol. The van der Waals surface area contributed by atoms with Gasteiger partial charge in [-0.1, -0.05) is 30.3 Å². The molecule has 0 fully saturated rings. The van der Waals surface area contributed by atoms with Crippen LogP contribution in [-0.4, -0.2) is 45.8 Å². The molecule has 28 heavy (non-hydrogen) atoms. The molecule has 0 radical (unpaired) electrons. The molecule has 2 aromatic heterocycles. The minimum atomic E-state index is -0.0945. The normalized spacial score (nSPS) is 15.7. The van der Waals surface area contributed by atoms with Gasteiger partial charge >= 0.3 is 0 Å². The Labute approximate surface area is 164 Å². The first-order chi connectivity index (χ1) is 13.6. The smallest absolute Gasteiger partial charge is 0.255 e. The number of carbonyl (C=O) groups is 1. The SMILES string of the molecule is CN(C)c1ncccc1C(=O)NC1CCc2nnc(Cc3ccccc3)n2C1. The molecule has 3 aromatic rings. The summed E-state index contributed by atoms with van der Waals surface area (Å²) in [5.41, 5.74) is 1.79. The second kappa shape index (κ2) is 7.80. The molecule has 3 heterocycles. The summed E-state index contributed by atoms with van der Waals surface area (Å²) in [7, 11) is 3.78. The van der Waals surface area contributed by atoms with E-state index in [0.717, 1.165) is 30.9 Å². The third-order valence-corrected chi connectivity index (χ3v) is 5.02. The molecule has 144 valence electrons. The van der Waals surface area contributed by atoms with E-state index < -0.39 is 0 Å². The number of rotatable bonds is 5. The van der Waals surface area contributed by atoms with Gasteiger partial charge in [-0.3, -0.25) is 4.79 Å². The topological polar surface area (TPSA) is 75.9 Å². The molecule has 7 heteroatoms. The van der Waals surface area contributed by atoms with Gasteiger partial charge in [0.15, 0.2) is 0 Å². The van der Waals surface area contributed by atoms with Crippen molar-refractivity contribution in [3.05, 3.63) is 71.4 Å². The lowest BCUT2D eigenvalue weighted by atomic mass is 10.1. The number of nitrogens with zero attached hydrogens (tertiary/aromatic N) is 5. The Kier molecular flexibility index (Phi) is 5.06. The number of benzene rings is 1. The Morgan fingerprint density at radius 3 is 2.79 bits per heavy atom. The summed E-state index contributed by atoms with van der Waals surface area (Å²) in [6.45, 7) is 0.688. The molecule has 1 N–H and O–H groups in total. The zero-order chi connectivity index (χ0) is 19.5. The van der Waals surface area contributed by atoms with Crippen LogP contribution in [-0.2, 0) is 19.4 Å². The third kappa shape index (κ3) is 3.74. The monoisotopic (exact) mass is 376 g/mol. The zero-order valence-electron chi connectivity index (χ0n) is 16.2. The number of aryl methyl sites for hydroxylation is 1. The van der Waals surface area contributed by atoms with Gasteiger partial charge in [-0.15, -0.1) is 10.2 Å². The van der Waals surface area contributed by atoms with E-state index in [2.05, 4.69) is 37.2 Å². The van der Waals surface area contributed by atoms with Crippen LogP contribution in [0.2, 0.25) is 0 Å². The summed E-state index contributed by atoms with van der Waals surface area (Å²) in [6, 6.07) is 13.9. The molecule has 1 amide bonds. The Bertz CT molecular complexity index is 966. The van der Waals surface area contributed by atoms with Crippen molar-refractivity contribution >= 4 is 11.7 Å². The lowest BCUT2D eigenvalue weighted by molar-refractivity contribution is 0.0927. The molecule has 4 rings (SSSR count). The molecule has 0 saturated carbocycles. The summed E-state index contributed by atoms with van der Waals surface area (Å²) < 4.78 is 2.15. The fourth-order valence-electron chi connectivity index (χ4n) is 3.60. The van der Waals surface area contributed by atoms with Gasteiger partial charge in [0.25, 0.3) is 5.91 Å². The van der Waals surface area contributed by atoms with Crippen LogP contribution in [0.4, 0.5) is 5.82 Å². The summed E-state index contributed by atoms with van der Waals surface area (Å²) in [4.78, 5) is 19.0. The average Bonchev–Trinajstić information content (AvgIpc) is 3.11. The summed E-state index contributed by atoms with van der Waals surface area (Å²) in [6.07, 6.45) is 4.10. The van der Waals surface area contributed by atoms with Crippen LogP contribution in [0.3, 0.4) is 0 Å². The first-order valence-electron chi connectivity index (χ1n) is 9.50. The predicted molar refractivity (Wildman–Crippen MR) is 107 cm³/mol. The van der Waals surface area contributed by atoms with Crippen LogP contribution in [0.25, 0.3) is 0 Å². The van der Waals surface area contributed by atoms with Gasteiger partial charge in [0.05, 0.1) is 5.56 Å². The van der Waals surface area contributed by atoms with Gasteiger partial charge in [-0.05, 0) is 24.1 Å². The Morgan fingerprint density at radius 2 is 2.00 bits per heavy atom. The van der Waals surface area contributed by atoms with Crippen LogP contribution < -0.4 is 10.2 Å². The van der Waals surface area contributed by atoms with Crippen molar-refractivity contribution in [3.63, 3.8) is 0 Å². The maximum Gasteiger partial charge on any atom is 0.255 e. The van der Waals surface area contributed by atoms with Crippen molar-refractivity contribution in [2.75, 3.05) is 19.0 Å². The number of fused-ring (bicyclic) bond motifs is 1. The maximum atomic E-state index is 12.8. The second-order valence-electron chi connectivity index (χ2n) is 7.28. The van der Waals surface area contributed by atoms with E-state index in [1.165, 1.54) is 5.56 Å². The molecular formula is C21H24N6O. The average molecular weight is 376 g/mol. The van der Waals surface area contributed by atoms with Crippen LogP contribution in [0.15, 0.2) is 48.7 Å². The molecule has 0 saturated heterocycles. The minimum absolute atomic E-state index is 0.0424. The van der Waals surface area contributed by atoms with E-state index in [4.69, 9.17) is 0 Å². The van der Waals surface area contributed by atoms with Crippen molar-refractivity contribution in [1.82, 2.24) is 25.1 Å². The minimum Gasteiger partial charge on any atom is -0.362 e. The van der Waals surface area contributed by atoms with Crippen molar-refractivity contribution < 1.29 is 4.79 Å². The van der Waals surface area contributed by atoms with Gasteiger partial charge in [0, 0.05) is 45.7 Å². The number of hydrogen-bond donors (Lipinski definition) is 1. The summed E-state index contributed by atoms with van der Waals surface area (Å²) in [5, 5.41) is 11.9. The van der Waals surface area contributed by atoms with Crippen molar-refractivity contribution in [2.24, 2.45) is 0 Å². The van der Waals surface area contributed by atoms with E-state index in [0.29, 0.717) is 17.9 Å². The Morgan fingerprint density at radius 1 is 1.18 bits per heavy atom. The first-order valence-corrected chi connectivity index (χ1v) is 9.50. The Balaban J connectivity index is 1.49. The third-order valence-electron chi connectivity index (χ3n) is 5.02. The highest BCUT2D eigenvalue weighted by Gasteiger charge is 2.25. The fraction of sp³-hybridized carbons (Fsp3) is 0.333. The lowest BCUT2D eigenvalue weighted by Crippen LogP contribution is -2.41. The van der Waals surface area contributed by atoms with E-state index in [1.54, 1.807) is 12.3 Å². The highest BCUT2D eigenvalue weighted by molar-refractivity contribution is 5.99. The first kappa shape index (κ1) is 18.2. The number of pyridine rings is 1. The van der Waals surface area contributed by atoms with E-state index in [9.17, 15) is 4.79 Å². The highest BCUT2D eigenvalue weighted by Crippen LogP contribution is 2.19. The predicted octanol–water partition coefficient (Wildman–Crippen LogP) is 2.07. The van der Waals surface area contributed by atoms with Crippen LogP contribution in [0, 0.1) is 0 Å². The van der Waals surface area contributed by atoms with Gasteiger partial charge in [0.1, 0.15) is 17.5 Å². The van der Waals surface area contributed by atoms with Crippen molar-refractivity contribution in [3.8, 4) is 0 Å². The molecule has 7 nitrogen and oxygen atoms in total. The van der Waals surface area contributed by atoms with Crippen molar-refractivity contribution in [2.45, 2.75) is 31.8 Å². The number of hydrogen-bond acceptors (Lipinski definition) is 5. The number of amides is 1. The molecule has 1 aromatic carbocycles. The fourth-order valence-corrected chi connectivity index (χ4v) is 3.60. The molecule has 1 aliphatic heterocycles. The molecule has 1 unspecified atom stereocenters. The largest absolute Gasteiger partial charge is 0.362 e. The summed E-state index contributed by atoms with van der Waals surface area (Å²) >= 11 is 0. The van der Waals surface area contributed by atoms with Crippen molar-refractivity contribution in [1.29, 1.82) is 0 Å². The second-order valence-corrected chi connectivity index (χ2v) is 7.28. The van der Waals surface area contributed by atoms with E-state index in [1.807, 2.05) is 43.3 Å². The zero-order valence-corrected chi connectivity index (χ0v) is 16.2. The quantitative estimate of drug-likeness (QED) is 0.738. The highest BCUT2D eigenvalue weighted by atomic mass is 16.1.